The van der Waals surface area contributed by atoms with Crippen molar-refractivity contribution < 1.29 is 18.3 Å². The minimum absolute atomic E-state index is 0.0635. The fourth-order valence-corrected chi connectivity index (χ4v) is 4.25. The quantitative estimate of drug-likeness (QED) is 0.883. The Morgan fingerprint density at radius 1 is 1.35 bits per heavy atom. The van der Waals surface area contributed by atoms with Gasteiger partial charge in [0.15, 0.2) is 21.3 Å². The van der Waals surface area contributed by atoms with E-state index in [1.807, 2.05) is 24.3 Å². The standard InChI is InChI=1S/C18H23N3O4S/c1-12(2)14-5-4-6-15(9-14)21-11-16(22)17(19-21)18(23)20-7-8-26(24,25)13(3)10-20/h4-6,9,11-13,22H,7-8,10H2,1-3H3. The molecule has 1 atom stereocenters. The van der Waals surface area contributed by atoms with Crippen molar-refractivity contribution in [2.24, 2.45) is 0 Å². The zero-order chi connectivity index (χ0) is 19.1. The summed E-state index contributed by atoms with van der Waals surface area (Å²) in [5.74, 6) is -0.399. The van der Waals surface area contributed by atoms with Gasteiger partial charge in [-0.15, -0.1) is 0 Å². The average molecular weight is 377 g/mol. The number of aromatic hydroxyl groups is 1. The summed E-state index contributed by atoms with van der Waals surface area (Å²) in [6.07, 6.45) is 1.40. The molecular weight excluding hydrogens is 354 g/mol. The summed E-state index contributed by atoms with van der Waals surface area (Å²) >= 11 is 0. The van der Waals surface area contributed by atoms with Gasteiger partial charge in [0.2, 0.25) is 0 Å². The lowest BCUT2D eigenvalue weighted by molar-refractivity contribution is 0.0751. The molecule has 1 fully saturated rings. The van der Waals surface area contributed by atoms with Crippen molar-refractivity contribution in [1.82, 2.24) is 14.7 Å². The van der Waals surface area contributed by atoms with E-state index in [1.54, 1.807) is 6.92 Å². The van der Waals surface area contributed by atoms with Crippen molar-refractivity contribution >= 4 is 15.7 Å². The summed E-state index contributed by atoms with van der Waals surface area (Å²) in [5.41, 5.74) is 1.81. The second-order valence-corrected chi connectivity index (χ2v) is 9.52. The van der Waals surface area contributed by atoms with Crippen LogP contribution in [0.25, 0.3) is 5.69 Å². The molecule has 8 heteroatoms. The van der Waals surface area contributed by atoms with Crippen LogP contribution in [0.15, 0.2) is 30.5 Å². The predicted octanol–water partition coefficient (Wildman–Crippen LogP) is 1.96. The molecule has 0 radical (unpaired) electrons. The van der Waals surface area contributed by atoms with Crippen LogP contribution in [0.2, 0.25) is 0 Å². The van der Waals surface area contributed by atoms with Gasteiger partial charge in [0, 0.05) is 13.1 Å². The Morgan fingerprint density at radius 2 is 2.08 bits per heavy atom. The lowest BCUT2D eigenvalue weighted by atomic mass is 10.0. The van der Waals surface area contributed by atoms with Gasteiger partial charge in [-0.3, -0.25) is 4.79 Å². The van der Waals surface area contributed by atoms with E-state index in [2.05, 4.69) is 18.9 Å². The van der Waals surface area contributed by atoms with Crippen LogP contribution in [0.1, 0.15) is 42.7 Å². The van der Waals surface area contributed by atoms with Crippen molar-refractivity contribution in [3.63, 3.8) is 0 Å². The number of nitrogens with zero attached hydrogens (tertiary/aromatic N) is 3. The van der Waals surface area contributed by atoms with Gasteiger partial charge in [-0.05, 0) is 30.5 Å². The molecule has 7 nitrogen and oxygen atoms in total. The summed E-state index contributed by atoms with van der Waals surface area (Å²) in [7, 11) is -3.15. The maximum absolute atomic E-state index is 12.7. The Morgan fingerprint density at radius 3 is 2.73 bits per heavy atom. The van der Waals surface area contributed by atoms with Gasteiger partial charge in [0.25, 0.3) is 5.91 Å². The van der Waals surface area contributed by atoms with Crippen LogP contribution < -0.4 is 0 Å². The molecule has 0 bridgehead atoms. The Labute approximate surface area is 153 Å². The predicted molar refractivity (Wildman–Crippen MR) is 98.5 cm³/mol. The SMILES string of the molecule is CC(C)c1cccc(-n2cc(O)c(C(=O)N3CCS(=O)(=O)C(C)C3)n2)c1. The van der Waals surface area contributed by atoms with Gasteiger partial charge < -0.3 is 10.0 Å². The van der Waals surface area contributed by atoms with E-state index >= 15 is 0 Å². The highest BCUT2D eigenvalue weighted by molar-refractivity contribution is 7.92. The number of amides is 1. The fraction of sp³-hybridized carbons (Fsp3) is 0.444. The summed E-state index contributed by atoms with van der Waals surface area (Å²) in [6.45, 7) is 5.97. The molecule has 0 spiro atoms. The molecule has 1 aliphatic rings. The number of hydrogen-bond donors (Lipinski definition) is 1. The number of carbonyl (C=O) groups excluding carboxylic acids is 1. The second-order valence-electron chi connectivity index (χ2n) is 6.99. The number of hydrogen-bond acceptors (Lipinski definition) is 5. The lowest BCUT2D eigenvalue weighted by Crippen LogP contribution is -2.48. The van der Waals surface area contributed by atoms with Gasteiger partial charge in [0.05, 0.1) is 22.9 Å². The van der Waals surface area contributed by atoms with Crippen molar-refractivity contribution in [2.75, 3.05) is 18.8 Å². The molecule has 1 unspecified atom stereocenters. The minimum Gasteiger partial charge on any atom is -0.504 e. The first kappa shape index (κ1) is 18.4. The maximum Gasteiger partial charge on any atom is 0.278 e. The van der Waals surface area contributed by atoms with Crippen LogP contribution in [0, 0.1) is 0 Å². The van der Waals surface area contributed by atoms with Crippen LogP contribution in [0.3, 0.4) is 0 Å². The number of benzene rings is 1. The molecular formula is C18H23N3O4S. The molecule has 2 heterocycles. The number of aromatic nitrogens is 2. The van der Waals surface area contributed by atoms with E-state index in [-0.39, 0.29) is 30.3 Å². The third-order valence-corrected chi connectivity index (χ3v) is 6.85. The molecule has 2 aromatic rings. The molecule has 1 aliphatic heterocycles. The van der Waals surface area contributed by atoms with E-state index in [4.69, 9.17) is 0 Å². The third kappa shape index (κ3) is 3.46. The molecule has 0 aliphatic carbocycles. The van der Waals surface area contributed by atoms with Gasteiger partial charge in [-0.25, -0.2) is 13.1 Å². The average Bonchev–Trinajstić information content (AvgIpc) is 2.98. The fourth-order valence-electron chi connectivity index (χ4n) is 2.96. The van der Waals surface area contributed by atoms with Crippen LogP contribution in [0.4, 0.5) is 0 Å². The maximum atomic E-state index is 12.7. The van der Waals surface area contributed by atoms with Crippen molar-refractivity contribution in [3.05, 3.63) is 41.7 Å². The zero-order valence-corrected chi connectivity index (χ0v) is 15.9. The first-order valence-electron chi connectivity index (χ1n) is 8.59. The van der Waals surface area contributed by atoms with Gasteiger partial charge in [0.1, 0.15) is 0 Å². The number of carbonyl (C=O) groups is 1. The highest BCUT2D eigenvalue weighted by Crippen LogP contribution is 2.23. The minimum atomic E-state index is -3.15. The zero-order valence-electron chi connectivity index (χ0n) is 15.1. The lowest BCUT2D eigenvalue weighted by Gasteiger charge is -2.30. The first-order chi connectivity index (χ1) is 12.2. The van der Waals surface area contributed by atoms with Crippen molar-refractivity contribution in [3.8, 4) is 11.4 Å². The van der Waals surface area contributed by atoms with E-state index < -0.39 is 21.0 Å². The second kappa shape index (κ2) is 6.75. The number of sulfone groups is 1. The van der Waals surface area contributed by atoms with Crippen LogP contribution >= 0.6 is 0 Å². The molecule has 1 amide bonds. The molecule has 140 valence electrons. The molecule has 26 heavy (non-hydrogen) atoms. The Kier molecular flexibility index (Phi) is 4.79. The van der Waals surface area contributed by atoms with E-state index in [9.17, 15) is 18.3 Å². The molecule has 0 saturated carbocycles. The van der Waals surface area contributed by atoms with Crippen LogP contribution in [-0.4, -0.2) is 58.2 Å². The Bertz CT molecular complexity index is 934. The highest BCUT2D eigenvalue weighted by atomic mass is 32.2. The van der Waals surface area contributed by atoms with Crippen molar-refractivity contribution in [2.45, 2.75) is 31.9 Å². The topological polar surface area (TPSA) is 92.5 Å². The summed E-state index contributed by atoms with van der Waals surface area (Å²) in [5, 5.41) is 13.8. The molecule has 1 saturated heterocycles. The normalized spacial score (nSPS) is 19.7. The van der Waals surface area contributed by atoms with Gasteiger partial charge in [-0.2, -0.15) is 5.10 Å². The third-order valence-electron chi connectivity index (χ3n) is 4.72. The molecule has 1 aromatic heterocycles. The van der Waals surface area contributed by atoms with Crippen LogP contribution in [-0.2, 0) is 9.84 Å². The molecule has 1 aromatic carbocycles. The smallest absolute Gasteiger partial charge is 0.278 e. The van der Waals surface area contributed by atoms with E-state index in [0.717, 1.165) is 11.3 Å². The monoisotopic (exact) mass is 377 g/mol. The highest BCUT2D eigenvalue weighted by Gasteiger charge is 2.34. The summed E-state index contributed by atoms with van der Waals surface area (Å²) < 4.78 is 25.1. The summed E-state index contributed by atoms with van der Waals surface area (Å²) in [4.78, 5) is 14.1. The van der Waals surface area contributed by atoms with Gasteiger partial charge >= 0.3 is 0 Å². The van der Waals surface area contributed by atoms with Crippen molar-refractivity contribution in [1.29, 1.82) is 0 Å². The molecule has 1 N–H and O–H groups in total. The Balaban J connectivity index is 1.87. The number of rotatable bonds is 3. The van der Waals surface area contributed by atoms with E-state index in [1.165, 1.54) is 15.8 Å². The van der Waals surface area contributed by atoms with Crippen LogP contribution in [0.5, 0.6) is 5.75 Å². The van der Waals surface area contributed by atoms with E-state index in [0.29, 0.717) is 5.92 Å². The largest absolute Gasteiger partial charge is 0.504 e. The molecule has 3 rings (SSSR count). The summed E-state index contributed by atoms with van der Waals surface area (Å²) in [6, 6.07) is 7.73. The van der Waals surface area contributed by atoms with Gasteiger partial charge in [-0.1, -0.05) is 26.0 Å². The Hall–Kier alpha value is -2.35. The first-order valence-corrected chi connectivity index (χ1v) is 10.3.